The van der Waals surface area contributed by atoms with Crippen molar-refractivity contribution in [2.45, 2.75) is 50.9 Å². The lowest BCUT2D eigenvalue weighted by Gasteiger charge is -2.32. The zero-order valence-corrected chi connectivity index (χ0v) is 15.7. The maximum Gasteiger partial charge on any atom is 0.494 e. The van der Waals surface area contributed by atoms with Gasteiger partial charge in [0.1, 0.15) is 11.9 Å². The van der Waals surface area contributed by atoms with Crippen molar-refractivity contribution in [1.82, 2.24) is 0 Å². The predicted octanol–water partition coefficient (Wildman–Crippen LogP) is 4.81. The number of ether oxygens (including phenoxy) is 1. The summed E-state index contributed by atoms with van der Waals surface area (Å²) in [4.78, 5) is 0. The van der Waals surface area contributed by atoms with Gasteiger partial charge in [-0.25, -0.2) is 0 Å². The summed E-state index contributed by atoms with van der Waals surface area (Å²) < 4.78 is 18.7. The lowest BCUT2D eigenvalue weighted by molar-refractivity contribution is 0.00578. The summed E-state index contributed by atoms with van der Waals surface area (Å²) in [5.41, 5.74) is 1.66. The van der Waals surface area contributed by atoms with Crippen LogP contribution in [0.3, 0.4) is 0 Å². The molecule has 4 heteroatoms. The van der Waals surface area contributed by atoms with Crippen molar-refractivity contribution < 1.29 is 14.0 Å². The number of fused-ring (bicyclic) bond motifs is 5. The van der Waals surface area contributed by atoms with Crippen molar-refractivity contribution in [2.75, 3.05) is 0 Å². The van der Waals surface area contributed by atoms with E-state index in [1.54, 1.807) is 0 Å². The molecule has 132 valence electrons. The van der Waals surface area contributed by atoms with Crippen LogP contribution in [-0.2, 0) is 9.31 Å². The first-order chi connectivity index (χ1) is 12.4. The van der Waals surface area contributed by atoms with Gasteiger partial charge >= 0.3 is 7.12 Å². The normalized spacial score (nSPS) is 27.8. The molecule has 3 nitrogen and oxygen atoms in total. The smallest absolute Gasteiger partial charge is 0.485 e. The number of hydrogen-bond acceptors (Lipinski definition) is 3. The summed E-state index contributed by atoms with van der Waals surface area (Å²) in [6, 6.07) is 12.7. The molecule has 2 aliphatic heterocycles. The largest absolute Gasteiger partial charge is 0.494 e. The predicted molar refractivity (Wildman–Crippen MR) is 104 cm³/mol. The van der Waals surface area contributed by atoms with Crippen LogP contribution >= 0.6 is 0 Å². The van der Waals surface area contributed by atoms with Crippen LogP contribution in [0.15, 0.2) is 60.1 Å². The van der Waals surface area contributed by atoms with Gasteiger partial charge in [-0.15, -0.1) is 0 Å². The van der Waals surface area contributed by atoms with Crippen molar-refractivity contribution in [3.05, 3.63) is 65.7 Å². The van der Waals surface area contributed by atoms with Crippen LogP contribution in [0.1, 0.15) is 39.2 Å². The van der Waals surface area contributed by atoms with E-state index in [4.69, 9.17) is 14.0 Å². The molecule has 2 unspecified atom stereocenters. The van der Waals surface area contributed by atoms with Crippen molar-refractivity contribution in [2.24, 2.45) is 0 Å². The fraction of sp³-hybridized carbons (Fsp3) is 0.364. The lowest BCUT2D eigenvalue weighted by Crippen LogP contribution is -2.41. The molecular formula is C22H23BO3. The molecule has 1 aliphatic carbocycles. The Hall–Kier alpha value is -2.04. The van der Waals surface area contributed by atoms with Crippen molar-refractivity contribution in [3.63, 3.8) is 0 Å². The van der Waals surface area contributed by atoms with Gasteiger partial charge < -0.3 is 14.0 Å². The second kappa shape index (κ2) is 5.24. The molecule has 0 radical (unpaired) electrons. The van der Waals surface area contributed by atoms with E-state index in [-0.39, 0.29) is 30.3 Å². The number of benzene rings is 2. The highest BCUT2D eigenvalue weighted by Gasteiger charge is 2.52. The van der Waals surface area contributed by atoms with Crippen molar-refractivity contribution in [1.29, 1.82) is 0 Å². The zero-order chi connectivity index (χ0) is 18.1. The minimum absolute atomic E-state index is 0.00479. The average molecular weight is 346 g/mol. The van der Waals surface area contributed by atoms with E-state index in [0.717, 1.165) is 11.2 Å². The van der Waals surface area contributed by atoms with E-state index in [1.165, 1.54) is 16.3 Å². The standard InChI is InChI=1S/C22H23BO3/c1-21(2)22(3,4)26-23(25-21)15-10-11-17-19(13-15)24-18-12-9-14-7-5-6-8-16(14)20(17)18/h5-13,17,19H,1-4H3. The van der Waals surface area contributed by atoms with Crippen LogP contribution < -0.4 is 4.74 Å². The molecule has 5 rings (SSSR count). The van der Waals surface area contributed by atoms with Gasteiger partial charge in [-0.05, 0) is 56.1 Å². The number of hydrogen-bond donors (Lipinski definition) is 0. The number of allylic oxidation sites excluding steroid dienone is 2. The minimum atomic E-state index is -0.346. The quantitative estimate of drug-likeness (QED) is 0.694. The summed E-state index contributed by atoms with van der Waals surface area (Å²) in [6.45, 7) is 8.32. The molecule has 0 N–H and O–H groups in total. The third-order valence-corrected chi connectivity index (χ3v) is 6.26. The van der Waals surface area contributed by atoms with Crippen LogP contribution in [-0.4, -0.2) is 24.4 Å². The molecule has 1 fully saturated rings. The first kappa shape index (κ1) is 16.2. The van der Waals surface area contributed by atoms with Crippen LogP contribution in [0.25, 0.3) is 10.8 Å². The maximum atomic E-state index is 6.27. The first-order valence-electron chi connectivity index (χ1n) is 9.30. The Kier molecular flexibility index (Phi) is 3.26. The third-order valence-electron chi connectivity index (χ3n) is 6.26. The molecule has 3 aliphatic rings. The average Bonchev–Trinajstić information content (AvgIpc) is 3.08. The van der Waals surface area contributed by atoms with E-state index < -0.39 is 0 Å². The SMILES string of the molecule is CC1(C)OB(C2=CC3Oc4ccc5ccccc5c4C3C=C2)OC1(C)C. The summed E-state index contributed by atoms with van der Waals surface area (Å²) in [5, 5.41) is 2.53. The molecule has 2 aromatic carbocycles. The van der Waals surface area contributed by atoms with Crippen LogP contribution in [0, 0.1) is 0 Å². The molecular weight excluding hydrogens is 323 g/mol. The molecule has 0 saturated carbocycles. The highest BCUT2D eigenvalue weighted by Crippen LogP contribution is 2.47. The molecule has 0 aromatic heterocycles. The Bertz CT molecular complexity index is 941. The van der Waals surface area contributed by atoms with Gasteiger partial charge in [0, 0.05) is 11.5 Å². The number of rotatable bonds is 1. The molecule has 0 spiro atoms. The van der Waals surface area contributed by atoms with E-state index in [0.29, 0.717) is 0 Å². The Labute approximate surface area is 154 Å². The molecule has 2 aromatic rings. The second-order valence-corrected chi connectivity index (χ2v) is 8.42. The van der Waals surface area contributed by atoms with E-state index >= 15 is 0 Å². The van der Waals surface area contributed by atoms with E-state index in [2.05, 4.69) is 82.3 Å². The van der Waals surface area contributed by atoms with Gasteiger partial charge in [-0.2, -0.15) is 0 Å². The topological polar surface area (TPSA) is 27.7 Å². The fourth-order valence-corrected chi connectivity index (χ4v) is 4.05. The second-order valence-electron chi connectivity index (χ2n) is 8.42. The van der Waals surface area contributed by atoms with E-state index in [9.17, 15) is 0 Å². The van der Waals surface area contributed by atoms with Crippen molar-refractivity contribution >= 4 is 17.9 Å². The minimum Gasteiger partial charge on any atom is -0.485 e. The maximum absolute atomic E-state index is 6.27. The van der Waals surface area contributed by atoms with E-state index in [1.807, 2.05) is 0 Å². The monoisotopic (exact) mass is 346 g/mol. The van der Waals surface area contributed by atoms with Gasteiger partial charge in [0.25, 0.3) is 0 Å². The highest BCUT2D eigenvalue weighted by molar-refractivity contribution is 6.55. The van der Waals surface area contributed by atoms with Gasteiger partial charge in [-0.1, -0.05) is 42.5 Å². The first-order valence-corrected chi connectivity index (χ1v) is 9.30. The molecule has 0 bridgehead atoms. The van der Waals surface area contributed by atoms with Crippen molar-refractivity contribution in [3.8, 4) is 5.75 Å². The van der Waals surface area contributed by atoms with Gasteiger partial charge in [-0.3, -0.25) is 0 Å². The molecule has 2 atom stereocenters. The van der Waals surface area contributed by atoms with Gasteiger partial charge in [0.2, 0.25) is 0 Å². The van der Waals surface area contributed by atoms with Gasteiger partial charge in [0.05, 0.1) is 11.2 Å². The summed E-state index contributed by atoms with van der Waals surface area (Å²) in [5.74, 6) is 1.22. The Morgan fingerprint density at radius 2 is 1.65 bits per heavy atom. The summed E-state index contributed by atoms with van der Waals surface area (Å²) in [6.07, 6.45) is 6.55. The van der Waals surface area contributed by atoms with Crippen LogP contribution in [0.4, 0.5) is 0 Å². The van der Waals surface area contributed by atoms with Crippen LogP contribution in [0.5, 0.6) is 5.75 Å². The Balaban J connectivity index is 1.49. The molecule has 2 heterocycles. The highest BCUT2D eigenvalue weighted by atomic mass is 16.7. The third kappa shape index (κ3) is 2.22. The fourth-order valence-electron chi connectivity index (χ4n) is 4.05. The Morgan fingerprint density at radius 1 is 0.923 bits per heavy atom. The van der Waals surface area contributed by atoms with Gasteiger partial charge in [0.15, 0.2) is 0 Å². The summed E-state index contributed by atoms with van der Waals surface area (Å²) in [7, 11) is -0.346. The molecule has 0 amide bonds. The lowest BCUT2D eigenvalue weighted by atomic mass is 9.73. The van der Waals surface area contributed by atoms with Crippen LogP contribution in [0.2, 0.25) is 0 Å². The zero-order valence-electron chi connectivity index (χ0n) is 15.7. The Morgan fingerprint density at radius 3 is 2.42 bits per heavy atom. The summed E-state index contributed by atoms with van der Waals surface area (Å²) >= 11 is 0. The molecule has 26 heavy (non-hydrogen) atoms. The molecule has 1 saturated heterocycles.